The monoisotopic (exact) mass is 373 g/mol. The first-order valence-electron chi connectivity index (χ1n) is 10.0. The van der Waals surface area contributed by atoms with Crippen LogP contribution in [-0.2, 0) is 20.9 Å². The molecule has 2 saturated heterocycles. The lowest BCUT2D eigenvalue weighted by Crippen LogP contribution is -2.48. The summed E-state index contributed by atoms with van der Waals surface area (Å²) in [4.78, 5) is 30.9. The largest absolute Gasteiger partial charge is 0.378 e. The van der Waals surface area contributed by atoms with E-state index < -0.39 is 0 Å². The SMILES string of the molecule is CN(C(=O)CCC(=O)N1CCOCC1)C1CCCN(Cc2ccccc2)C1. The van der Waals surface area contributed by atoms with E-state index in [4.69, 9.17) is 4.74 Å². The van der Waals surface area contributed by atoms with Crippen molar-refractivity contribution in [1.82, 2.24) is 14.7 Å². The molecule has 2 fully saturated rings. The molecule has 2 amide bonds. The standard InChI is InChI=1S/C21H31N3O3/c1-22(20(25)9-10-21(26)24-12-14-27-15-13-24)19-8-5-11-23(17-19)16-18-6-3-2-4-7-18/h2-4,6-7,19H,5,8-17H2,1H3. The smallest absolute Gasteiger partial charge is 0.223 e. The van der Waals surface area contributed by atoms with Crippen LogP contribution in [0.3, 0.4) is 0 Å². The van der Waals surface area contributed by atoms with Gasteiger partial charge in [0.25, 0.3) is 0 Å². The van der Waals surface area contributed by atoms with Crippen LogP contribution >= 0.6 is 0 Å². The van der Waals surface area contributed by atoms with Crippen LogP contribution in [-0.4, -0.2) is 79.0 Å². The average molecular weight is 373 g/mol. The van der Waals surface area contributed by atoms with E-state index in [2.05, 4.69) is 29.2 Å². The predicted octanol–water partition coefficient (Wildman–Crippen LogP) is 1.75. The van der Waals surface area contributed by atoms with E-state index in [1.807, 2.05) is 18.0 Å². The first-order chi connectivity index (χ1) is 13.1. The highest BCUT2D eigenvalue weighted by Gasteiger charge is 2.27. The third-order valence-electron chi connectivity index (χ3n) is 5.59. The Kier molecular flexibility index (Phi) is 7.24. The number of likely N-dealkylation sites (N-methyl/N-ethyl adjacent to an activating group) is 1. The quantitative estimate of drug-likeness (QED) is 0.762. The fourth-order valence-corrected chi connectivity index (χ4v) is 3.90. The summed E-state index contributed by atoms with van der Waals surface area (Å²) in [6.45, 7) is 5.37. The molecular weight excluding hydrogens is 342 g/mol. The highest BCUT2D eigenvalue weighted by molar-refractivity contribution is 5.84. The van der Waals surface area contributed by atoms with Crippen molar-refractivity contribution in [1.29, 1.82) is 0 Å². The minimum Gasteiger partial charge on any atom is -0.378 e. The molecule has 0 spiro atoms. The number of nitrogens with zero attached hydrogens (tertiary/aromatic N) is 3. The van der Waals surface area contributed by atoms with E-state index in [1.165, 1.54) is 5.56 Å². The first-order valence-corrected chi connectivity index (χ1v) is 10.0. The topological polar surface area (TPSA) is 53.1 Å². The van der Waals surface area contributed by atoms with E-state index in [1.54, 1.807) is 4.90 Å². The molecule has 6 heteroatoms. The van der Waals surface area contributed by atoms with Crippen LogP contribution in [0.5, 0.6) is 0 Å². The lowest BCUT2D eigenvalue weighted by Gasteiger charge is -2.38. The minimum absolute atomic E-state index is 0.0643. The Labute approximate surface area is 162 Å². The zero-order chi connectivity index (χ0) is 19.1. The Morgan fingerprint density at radius 3 is 2.59 bits per heavy atom. The van der Waals surface area contributed by atoms with Crippen molar-refractivity contribution in [3.8, 4) is 0 Å². The molecule has 0 bridgehead atoms. The number of benzene rings is 1. The van der Waals surface area contributed by atoms with Gasteiger partial charge in [-0.2, -0.15) is 0 Å². The van der Waals surface area contributed by atoms with Crippen molar-refractivity contribution in [3.63, 3.8) is 0 Å². The molecule has 2 aliphatic heterocycles. The molecule has 1 aromatic rings. The number of hydrogen-bond donors (Lipinski definition) is 0. The highest BCUT2D eigenvalue weighted by Crippen LogP contribution is 2.18. The predicted molar refractivity (Wildman–Crippen MR) is 104 cm³/mol. The molecular formula is C21H31N3O3. The zero-order valence-corrected chi connectivity index (χ0v) is 16.3. The van der Waals surface area contributed by atoms with Crippen molar-refractivity contribution in [2.24, 2.45) is 0 Å². The van der Waals surface area contributed by atoms with Gasteiger partial charge in [-0.15, -0.1) is 0 Å². The van der Waals surface area contributed by atoms with E-state index in [0.717, 1.165) is 32.5 Å². The lowest BCUT2D eigenvalue weighted by molar-refractivity contribution is -0.140. The molecule has 148 valence electrons. The molecule has 0 saturated carbocycles. The van der Waals surface area contributed by atoms with Gasteiger partial charge in [0.15, 0.2) is 0 Å². The molecule has 0 aromatic heterocycles. The lowest BCUT2D eigenvalue weighted by atomic mass is 10.0. The number of ether oxygens (including phenoxy) is 1. The molecule has 6 nitrogen and oxygen atoms in total. The maximum Gasteiger partial charge on any atom is 0.223 e. The van der Waals surface area contributed by atoms with Gasteiger partial charge in [-0.05, 0) is 24.9 Å². The number of likely N-dealkylation sites (tertiary alicyclic amines) is 1. The molecule has 0 radical (unpaired) electrons. The molecule has 0 aliphatic carbocycles. The van der Waals surface area contributed by atoms with E-state index in [9.17, 15) is 9.59 Å². The molecule has 2 heterocycles. The van der Waals surface area contributed by atoms with Crippen LogP contribution in [0, 0.1) is 0 Å². The Morgan fingerprint density at radius 2 is 1.85 bits per heavy atom. The van der Waals surface area contributed by atoms with Crippen molar-refractivity contribution in [2.75, 3.05) is 46.4 Å². The van der Waals surface area contributed by atoms with Crippen LogP contribution in [0.2, 0.25) is 0 Å². The summed E-state index contributed by atoms with van der Waals surface area (Å²) in [6.07, 6.45) is 2.72. The van der Waals surface area contributed by atoms with Gasteiger partial charge in [0, 0.05) is 52.1 Å². The van der Waals surface area contributed by atoms with Gasteiger partial charge in [-0.3, -0.25) is 14.5 Å². The van der Waals surface area contributed by atoms with Crippen molar-refractivity contribution >= 4 is 11.8 Å². The second-order valence-corrected chi connectivity index (χ2v) is 7.51. The second-order valence-electron chi connectivity index (χ2n) is 7.51. The van der Waals surface area contributed by atoms with Gasteiger partial charge >= 0.3 is 0 Å². The van der Waals surface area contributed by atoms with Gasteiger partial charge in [0.2, 0.25) is 11.8 Å². The highest BCUT2D eigenvalue weighted by atomic mass is 16.5. The first kappa shape index (κ1) is 19.8. The van der Waals surface area contributed by atoms with Crippen LogP contribution in [0.1, 0.15) is 31.2 Å². The summed E-state index contributed by atoms with van der Waals surface area (Å²) in [5.74, 6) is 0.137. The molecule has 27 heavy (non-hydrogen) atoms. The Bertz CT molecular complexity index is 616. The summed E-state index contributed by atoms with van der Waals surface area (Å²) in [5.41, 5.74) is 1.31. The van der Waals surface area contributed by atoms with Crippen molar-refractivity contribution in [3.05, 3.63) is 35.9 Å². The number of carbonyl (C=O) groups excluding carboxylic acids is 2. The van der Waals surface area contributed by atoms with Crippen molar-refractivity contribution in [2.45, 2.75) is 38.3 Å². The number of amides is 2. The minimum atomic E-state index is 0.0643. The van der Waals surface area contributed by atoms with E-state index in [-0.39, 0.29) is 17.9 Å². The van der Waals surface area contributed by atoms with Crippen LogP contribution < -0.4 is 0 Å². The van der Waals surface area contributed by atoms with Gasteiger partial charge in [-0.25, -0.2) is 0 Å². The van der Waals surface area contributed by atoms with E-state index >= 15 is 0 Å². The van der Waals surface area contributed by atoms with Gasteiger partial charge in [0.1, 0.15) is 0 Å². The summed E-state index contributed by atoms with van der Waals surface area (Å²) in [6, 6.07) is 10.7. The maximum absolute atomic E-state index is 12.6. The Hall–Kier alpha value is -1.92. The summed E-state index contributed by atoms with van der Waals surface area (Å²) >= 11 is 0. The van der Waals surface area contributed by atoms with Crippen LogP contribution in [0.15, 0.2) is 30.3 Å². The molecule has 0 N–H and O–H groups in total. The molecule has 1 unspecified atom stereocenters. The van der Waals surface area contributed by atoms with Gasteiger partial charge in [-0.1, -0.05) is 30.3 Å². The Morgan fingerprint density at radius 1 is 1.11 bits per heavy atom. The maximum atomic E-state index is 12.6. The summed E-state index contributed by atoms with van der Waals surface area (Å²) in [7, 11) is 1.89. The number of rotatable bonds is 6. The number of carbonyl (C=O) groups is 2. The molecule has 1 atom stereocenters. The molecule has 1 aromatic carbocycles. The summed E-state index contributed by atoms with van der Waals surface area (Å²) < 4.78 is 5.27. The number of hydrogen-bond acceptors (Lipinski definition) is 4. The zero-order valence-electron chi connectivity index (χ0n) is 16.3. The second kappa shape index (κ2) is 9.85. The third-order valence-corrected chi connectivity index (χ3v) is 5.59. The fraction of sp³-hybridized carbons (Fsp3) is 0.619. The van der Waals surface area contributed by atoms with Gasteiger partial charge in [0.05, 0.1) is 13.2 Å². The van der Waals surface area contributed by atoms with E-state index in [0.29, 0.717) is 39.1 Å². The van der Waals surface area contributed by atoms with Crippen LogP contribution in [0.4, 0.5) is 0 Å². The van der Waals surface area contributed by atoms with Gasteiger partial charge < -0.3 is 14.5 Å². The molecule has 2 aliphatic rings. The normalized spacial score (nSPS) is 21.1. The van der Waals surface area contributed by atoms with Crippen LogP contribution in [0.25, 0.3) is 0 Å². The Balaban J connectivity index is 1.45. The summed E-state index contributed by atoms with van der Waals surface area (Å²) in [5, 5.41) is 0. The number of morpholine rings is 1. The van der Waals surface area contributed by atoms with Crippen molar-refractivity contribution < 1.29 is 14.3 Å². The average Bonchev–Trinajstić information content (AvgIpc) is 2.72. The number of piperidine rings is 1. The molecule has 3 rings (SSSR count). The fourth-order valence-electron chi connectivity index (χ4n) is 3.90. The third kappa shape index (κ3) is 5.78.